The second kappa shape index (κ2) is 10.8. The molecular weight excluding hydrogens is 446 g/mol. The van der Waals surface area contributed by atoms with Gasteiger partial charge in [0.1, 0.15) is 5.75 Å². The molecule has 36 heavy (non-hydrogen) atoms. The number of carbonyl (C=O) groups is 1. The number of nitrogens with one attached hydrogen (secondary N) is 1. The first kappa shape index (κ1) is 23.2. The van der Waals surface area contributed by atoms with Crippen molar-refractivity contribution in [2.24, 2.45) is 0 Å². The van der Waals surface area contributed by atoms with E-state index in [-0.39, 0.29) is 5.56 Å². The van der Waals surface area contributed by atoms with Crippen LogP contribution in [0.1, 0.15) is 22.3 Å². The molecule has 0 amide bonds. The molecule has 0 unspecified atom stereocenters. The number of aromatic carboxylic acids is 1. The number of rotatable bonds is 9. The fourth-order valence-corrected chi connectivity index (χ4v) is 4.37. The second-order valence-corrected chi connectivity index (χ2v) is 8.69. The molecule has 4 nitrogen and oxygen atoms in total. The van der Waals surface area contributed by atoms with Gasteiger partial charge in [0.15, 0.2) is 0 Å². The molecule has 2 N–H and O–H groups in total. The van der Waals surface area contributed by atoms with Gasteiger partial charge >= 0.3 is 5.97 Å². The molecule has 0 fully saturated rings. The Morgan fingerprint density at radius 2 is 1.39 bits per heavy atom. The van der Waals surface area contributed by atoms with Crippen LogP contribution in [0.25, 0.3) is 27.6 Å². The smallest absolute Gasteiger partial charge is 0.335 e. The number of anilines is 1. The lowest BCUT2D eigenvalue weighted by atomic mass is 10.1. The Morgan fingerprint density at radius 1 is 0.750 bits per heavy atom. The first-order valence-electron chi connectivity index (χ1n) is 12.0. The van der Waals surface area contributed by atoms with Crippen molar-refractivity contribution in [3.8, 4) is 5.75 Å². The zero-order chi connectivity index (χ0) is 24.7. The Balaban J connectivity index is 1.35. The first-order chi connectivity index (χ1) is 17.7. The first-order valence-corrected chi connectivity index (χ1v) is 12.0. The molecule has 0 heterocycles. The number of hydrogen-bond donors (Lipinski definition) is 2. The summed E-state index contributed by atoms with van der Waals surface area (Å²) in [4.78, 5) is 11.2. The third-order valence-corrected chi connectivity index (χ3v) is 6.25. The highest BCUT2D eigenvalue weighted by Crippen LogP contribution is 2.26. The SMILES string of the molecule is O=C(O)c1ccc(C=C(CCOc2cccc3ccccc23)CNc2cccc3ccccc23)cc1. The third kappa shape index (κ3) is 5.39. The van der Waals surface area contributed by atoms with Crippen LogP contribution in [-0.2, 0) is 0 Å². The molecule has 5 aromatic carbocycles. The quantitative estimate of drug-likeness (QED) is 0.231. The van der Waals surface area contributed by atoms with E-state index in [0.717, 1.165) is 39.8 Å². The van der Waals surface area contributed by atoms with E-state index in [1.165, 1.54) is 10.8 Å². The van der Waals surface area contributed by atoms with Crippen LogP contribution in [0.4, 0.5) is 5.69 Å². The molecule has 0 aliphatic rings. The number of carboxylic acid groups (broad SMARTS) is 1. The number of fused-ring (bicyclic) bond motifs is 2. The standard InChI is InChI=1S/C32H27NO3/c34-32(35)27-17-15-23(16-18-27)21-24(22-33-30-13-5-9-25-7-1-3-11-28(25)30)19-20-36-31-14-6-10-26-8-2-4-12-29(26)31/h1-18,21,33H,19-20,22H2,(H,34,35). The molecule has 5 rings (SSSR count). The van der Waals surface area contributed by atoms with E-state index in [0.29, 0.717) is 13.2 Å². The molecular formula is C32H27NO3. The molecule has 0 saturated carbocycles. The largest absolute Gasteiger partial charge is 0.493 e. The van der Waals surface area contributed by atoms with E-state index in [1.807, 2.05) is 48.5 Å². The number of ether oxygens (including phenoxy) is 1. The summed E-state index contributed by atoms with van der Waals surface area (Å²) in [5.74, 6) is -0.0489. The van der Waals surface area contributed by atoms with Crippen LogP contribution in [0.3, 0.4) is 0 Å². The molecule has 178 valence electrons. The maximum Gasteiger partial charge on any atom is 0.335 e. The van der Waals surface area contributed by atoms with Crippen LogP contribution in [0.2, 0.25) is 0 Å². The van der Waals surface area contributed by atoms with Crippen molar-refractivity contribution < 1.29 is 14.6 Å². The highest BCUT2D eigenvalue weighted by Gasteiger charge is 2.07. The maximum absolute atomic E-state index is 11.2. The average Bonchev–Trinajstić information content (AvgIpc) is 2.92. The van der Waals surface area contributed by atoms with Crippen molar-refractivity contribution >= 4 is 39.3 Å². The van der Waals surface area contributed by atoms with E-state index < -0.39 is 5.97 Å². The lowest BCUT2D eigenvalue weighted by molar-refractivity contribution is 0.0697. The summed E-state index contributed by atoms with van der Waals surface area (Å²) in [6.45, 7) is 1.18. The zero-order valence-corrected chi connectivity index (χ0v) is 19.9. The van der Waals surface area contributed by atoms with Crippen LogP contribution in [0, 0.1) is 0 Å². The summed E-state index contributed by atoms with van der Waals surface area (Å²) >= 11 is 0. The lowest BCUT2D eigenvalue weighted by Gasteiger charge is -2.14. The number of hydrogen-bond acceptors (Lipinski definition) is 3. The zero-order valence-electron chi connectivity index (χ0n) is 19.9. The topological polar surface area (TPSA) is 58.6 Å². The summed E-state index contributed by atoms with van der Waals surface area (Å²) in [7, 11) is 0. The van der Waals surface area contributed by atoms with E-state index in [4.69, 9.17) is 4.74 Å². The van der Waals surface area contributed by atoms with E-state index in [2.05, 4.69) is 59.9 Å². The molecule has 0 radical (unpaired) electrons. The Morgan fingerprint density at radius 3 is 2.14 bits per heavy atom. The summed E-state index contributed by atoms with van der Waals surface area (Å²) in [6.07, 6.45) is 2.83. The van der Waals surface area contributed by atoms with Gasteiger partial charge in [0, 0.05) is 29.4 Å². The fourth-order valence-electron chi connectivity index (χ4n) is 4.37. The van der Waals surface area contributed by atoms with Gasteiger partial charge in [-0.2, -0.15) is 0 Å². The van der Waals surface area contributed by atoms with E-state index in [1.54, 1.807) is 12.1 Å². The van der Waals surface area contributed by atoms with Crippen LogP contribution in [-0.4, -0.2) is 24.2 Å². The predicted molar refractivity (Wildman–Crippen MR) is 148 cm³/mol. The van der Waals surface area contributed by atoms with Gasteiger partial charge in [-0.1, -0.05) is 91.0 Å². The Hall–Kier alpha value is -4.57. The van der Waals surface area contributed by atoms with E-state index in [9.17, 15) is 9.90 Å². The van der Waals surface area contributed by atoms with Gasteiger partial charge in [0.25, 0.3) is 0 Å². The minimum Gasteiger partial charge on any atom is -0.493 e. The molecule has 0 atom stereocenters. The van der Waals surface area contributed by atoms with Crippen LogP contribution < -0.4 is 10.1 Å². The Bertz CT molecular complexity index is 1530. The van der Waals surface area contributed by atoms with Gasteiger partial charge in [-0.25, -0.2) is 4.79 Å². The van der Waals surface area contributed by atoms with Crippen LogP contribution >= 0.6 is 0 Å². The second-order valence-electron chi connectivity index (χ2n) is 8.69. The molecule has 0 spiro atoms. The summed E-state index contributed by atoms with van der Waals surface area (Å²) in [5.41, 5.74) is 3.48. The Kier molecular flexibility index (Phi) is 6.95. The monoisotopic (exact) mass is 473 g/mol. The predicted octanol–water partition coefficient (Wildman–Crippen LogP) is 7.66. The lowest BCUT2D eigenvalue weighted by Crippen LogP contribution is -2.09. The van der Waals surface area contributed by atoms with Gasteiger partial charge in [0.2, 0.25) is 0 Å². The summed E-state index contributed by atoms with van der Waals surface area (Å²) in [5, 5.41) is 17.4. The molecule has 4 heteroatoms. The van der Waals surface area contributed by atoms with Crippen LogP contribution in [0.5, 0.6) is 5.75 Å². The normalized spacial score (nSPS) is 11.5. The summed E-state index contributed by atoms with van der Waals surface area (Å²) in [6, 6.07) is 35.9. The minimum atomic E-state index is -0.924. The fraction of sp³-hybridized carbons (Fsp3) is 0.0938. The van der Waals surface area contributed by atoms with Crippen molar-refractivity contribution in [3.05, 3.63) is 126 Å². The van der Waals surface area contributed by atoms with Gasteiger partial charge in [0.05, 0.1) is 12.2 Å². The number of benzene rings is 5. The van der Waals surface area contributed by atoms with Crippen LogP contribution in [0.15, 0.2) is 115 Å². The minimum absolute atomic E-state index is 0.280. The Labute approximate surface area is 210 Å². The van der Waals surface area contributed by atoms with Gasteiger partial charge < -0.3 is 15.2 Å². The van der Waals surface area contributed by atoms with Gasteiger partial charge in [-0.3, -0.25) is 0 Å². The van der Waals surface area contributed by atoms with Crippen molar-refractivity contribution in [2.45, 2.75) is 6.42 Å². The van der Waals surface area contributed by atoms with Crippen molar-refractivity contribution in [3.63, 3.8) is 0 Å². The van der Waals surface area contributed by atoms with E-state index >= 15 is 0 Å². The molecule has 0 saturated heterocycles. The molecule has 0 aromatic heterocycles. The maximum atomic E-state index is 11.2. The summed E-state index contributed by atoms with van der Waals surface area (Å²) < 4.78 is 6.21. The number of carboxylic acids is 1. The highest BCUT2D eigenvalue weighted by atomic mass is 16.5. The molecule has 5 aromatic rings. The average molecular weight is 474 g/mol. The van der Waals surface area contributed by atoms with Crippen molar-refractivity contribution in [1.29, 1.82) is 0 Å². The van der Waals surface area contributed by atoms with Crippen molar-refractivity contribution in [1.82, 2.24) is 0 Å². The molecule has 0 aliphatic carbocycles. The van der Waals surface area contributed by atoms with Gasteiger partial charge in [-0.15, -0.1) is 0 Å². The van der Waals surface area contributed by atoms with Gasteiger partial charge in [-0.05, 0) is 46.2 Å². The molecule has 0 aliphatic heterocycles. The van der Waals surface area contributed by atoms with Crippen molar-refractivity contribution in [2.75, 3.05) is 18.5 Å². The molecule has 0 bridgehead atoms. The third-order valence-electron chi connectivity index (χ3n) is 6.25. The highest BCUT2D eigenvalue weighted by molar-refractivity contribution is 5.94.